The largest absolute Gasteiger partial charge is 0.395 e. The maximum Gasteiger partial charge on any atom is 0.109 e. The van der Waals surface area contributed by atoms with E-state index in [-0.39, 0.29) is 12.5 Å². The number of piperidine rings is 1. The van der Waals surface area contributed by atoms with Crippen molar-refractivity contribution < 1.29 is 20.4 Å². The van der Waals surface area contributed by atoms with Crippen LogP contribution in [0, 0.1) is 0 Å². The van der Waals surface area contributed by atoms with Crippen LogP contribution in [0.2, 0.25) is 0 Å². The fourth-order valence-corrected chi connectivity index (χ4v) is 3.63. The Morgan fingerprint density at radius 2 is 1.36 bits per heavy atom. The van der Waals surface area contributed by atoms with Crippen molar-refractivity contribution in [1.82, 2.24) is 4.90 Å². The van der Waals surface area contributed by atoms with Crippen molar-refractivity contribution >= 4 is 11.6 Å². The van der Waals surface area contributed by atoms with Gasteiger partial charge in [0.25, 0.3) is 0 Å². The molecule has 0 aromatic heterocycles. The smallest absolute Gasteiger partial charge is 0.109 e. The molecule has 0 unspecified atom stereocenters. The molecule has 1 aliphatic rings. The lowest BCUT2D eigenvalue weighted by molar-refractivity contribution is -0.166. The number of unbranched alkanes of at least 4 members (excludes halogenated alkanes) is 6. The van der Waals surface area contributed by atoms with Gasteiger partial charge in [0.15, 0.2) is 0 Å². The van der Waals surface area contributed by atoms with E-state index in [0.717, 1.165) is 12.8 Å². The van der Waals surface area contributed by atoms with Gasteiger partial charge in [0.05, 0.1) is 24.8 Å². The fraction of sp³-hybridized carbons (Fsp3) is 1.00. The van der Waals surface area contributed by atoms with E-state index in [0.29, 0.717) is 6.54 Å². The van der Waals surface area contributed by atoms with Crippen molar-refractivity contribution in [2.24, 2.45) is 0 Å². The van der Waals surface area contributed by atoms with Gasteiger partial charge in [-0.3, -0.25) is 4.90 Å². The summed E-state index contributed by atoms with van der Waals surface area (Å²) in [4.78, 5) is 1.86. The predicted octanol–water partition coefficient (Wildman–Crippen LogP) is 1.10. The highest BCUT2D eigenvalue weighted by atomic mass is 35.5. The monoisotopic (exact) mass is 337 g/mol. The molecule has 132 valence electrons. The Morgan fingerprint density at radius 3 is 1.91 bits per heavy atom. The molecule has 1 aliphatic heterocycles. The molecule has 1 heterocycles. The van der Waals surface area contributed by atoms with Crippen molar-refractivity contribution in [2.75, 3.05) is 19.0 Å². The molecular weight excluding hydrogens is 306 g/mol. The van der Waals surface area contributed by atoms with Crippen LogP contribution in [0.4, 0.5) is 0 Å². The zero-order valence-corrected chi connectivity index (χ0v) is 14.3. The minimum Gasteiger partial charge on any atom is -0.395 e. The molecule has 5 nitrogen and oxygen atoms in total. The lowest BCUT2D eigenvalue weighted by atomic mass is 9.88. The van der Waals surface area contributed by atoms with E-state index in [9.17, 15) is 20.4 Å². The number of aliphatic hydroxyl groups is 4. The number of nitrogens with zero attached hydrogens (tertiary/aromatic N) is 1. The summed E-state index contributed by atoms with van der Waals surface area (Å²) in [5.74, 6) is 0.165. The zero-order chi connectivity index (χ0) is 16.5. The van der Waals surface area contributed by atoms with Crippen LogP contribution in [-0.2, 0) is 0 Å². The SMILES string of the molecule is CCCCCCCCCN1[C@H](CO)[C@H](O)[C@H](O)[C@@H](O)[C@H]1CCl. The van der Waals surface area contributed by atoms with E-state index >= 15 is 0 Å². The second-order valence-electron chi connectivity index (χ2n) is 6.30. The highest BCUT2D eigenvalue weighted by Gasteiger charge is 2.46. The highest BCUT2D eigenvalue weighted by molar-refractivity contribution is 6.18. The number of aliphatic hydroxyl groups excluding tert-OH is 4. The first-order chi connectivity index (χ1) is 10.6. The van der Waals surface area contributed by atoms with Crippen molar-refractivity contribution in [3.63, 3.8) is 0 Å². The Labute approximate surface area is 138 Å². The lowest BCUT2D eigenvalue weighted by Crippen LogP contribution is -2.67. The van der Waals surface area contributed by atoms with E-state index in [2.05, 4.69) is 6.92 Å². The van der Waals surface area contributed by atoms with Crippen molar-refractivity contribution in [1.29, 1.82) is 0 Å². The summed E-state index contributed by atoms with van der Waals surface area (Å²) in [6, 6.07) is -1.00. The van der Waals surface area contributed by atoms with Crippen molar-refractivity contribution in [2.45, 2.75) is 82.3 Å². The topological polar surface area (TPSA) is 84.2 Å². The Kier molecular flexibility index (Phi) is 9.87. The quantitative estimate of drug-likeness (QED) is 0.354. The van der Waals surface area contributed by atoms with Gasteiger partial charge >= 0.3 is 0 Å². The summed E-state index contributed by atoms with van der Waals surface area (Å²) in [5.41, 5.74) is 0. The van der Waals surface area contributed by atoms with Gasteiger partial charge in [-0.1, -0.05) is 45.4 Å². The van der Waals surface area contributed by atoms with Gasteiger partial charge in [0.2, 0.25) is 0 Å². The molecule has 0 aromatic rings. The molecule has 0 aliphatic carbocycles. The summed E-state index contributed by atoms with van der Waals surface area (Å²) in [7, 11) is 0. The summed E-state index contributed by atoms with van der Waals surface area (Å²) in [5, 5.41) is 39.5. The van der Waals surface area contributed by atoms with Gasteiger partial charge in [-0.05, 0) is 13.0 Å². The molecule has 0 bridgehead atoms. The minimum atomic E-state index is -1.26. The number of alkyl halides is 1. The third kappa shape index (κ3) is 5.32. The molecule has 0 spiro atoms. The number of hydrogen-bond acceptors (Lipinski definition) is 5. The van der Waals surface area contributed by atoms with Crippen LogP contribution in [-0.4, -0.2) is 74.8 Å². The van der Waals surface area contributed by atoms with Crippen LogP contribution in [0.5, 0.6) is 0 Å². The average molecular weight is 338 g/mol. The molecule has 1 fully saturated rings. The highest BCUT2D eigenvalue weighted by Crippen LogP contribution is 2.26. The number of likely N-dealkylation sites (tertiary alicyclic amines) is 1. The number of halogens is 1. The van der Waals surface area contributed by atoms with Crippen LogP contribution in [0.1, 0.15) is 51.9 Å². The molecule has 0 aromatic carbocycles. The first kappa shape index (κ1) is 20.1. The van der Waals surface area contributed by atoms with Crippen LogP contribution in [0.25, 0.3) is 0 Å². The molecule has 5 atom stereocenters. The summed E-state index contributed by atoms with van der Waals surface area (Å²) in [6.07, 6.45) is 4.73. The maximum atomic E-state index is 10.1. The van der Waals surface area contributed by atoms with Gasteiger partial charge in [-0.2, -0.15) is 0 Å². The molecule has 1 rings (SSSR count). The average Bonchev–Trinajstić information content (AvgIpc) is 2.52. The van der Waals surface area contributed by atoms with E-state index in [4.69, 9.17) is 11.6 Å². The molecule has 1 saturated heterocycles. The van der Waals surface area contributed by atoms with E-state index in [1.54, 1.807) is 0 Å². The maximum absolute atomic E-state index is 10.1. The summed E-state index contributed by atoms with van der Waals surface area (Å²) >= 11 is 5.93. The molecule has 0 saturated carbocycles. The van der Waals surface area contributed by atoms with E-state index in [1.807, 2.05) is 4.90 Å². The number of hydrogen-bond donors (Lipinski definition) is 4. The molecule has 4 N–H and O–H groups in total. The van der Waals surface area contributed by atoms with Gasteiger partial charge in [-0.15, -0.1) is 11.6 Å². The standard InChI is InChI=1S/C16H32ClNO4/c1-2-3-4-5-6-7-8-9-18-12(10-17)14(20)16(22)15(21)13(18)11-19/h12-16,19-22H,2-11H2,1H3/t12-,13-,14+,15+,16-/m1/s1. The third-order valence-electron chi connectivity index (χ3n) is 4.71. The number of rotatable bonds is 10. The minimum absolute atomic E-state index is 0.165. The van der Waals surface area contributed by atoms with Gasteiger partial charge in [0, 0.05) is 5.88 Å². The normalized spacial score (nSPS) is 33.3. The predicted molar refractivity (Wildman–Crippen MR) is 88.1 cm³/mol. The molecule has 22 heavy (non-hydrogen) atoms. The summed E-state index contributed by atoms with van der Waals surface area (Å²) < 4.78 is 0. The second-order valence-corrected chi connectivity index (χ2v) is 6.61. The summed E-state index contributed by atoms with van der Waals surface area (Å²) in [6.45, 7) is 2.61. The molecule has 6 heteroatoms. The van der Waals surface area contributed by atoms with Gasteiger partial charge in [0.1, 0.15) is 12.2 Å². The molecular formula is C16H32ClNO4. The van der Waals surface area contributed by atoms with E-state index < -0.39 is 30.4 Å². The lowest BCUT2D eigenvalue weighted by Gasteiger charge is -2.48. The van der Waals surface area contributed by atoms with Gasteiger partial charge in [-0.25, -0.2) is 0 Å². The van der Waals surface area contributed by atoms with Gasteiger partial charge < -0.3 is 20.4 Å². The molecule has 0 radical (unpaired) electrons. The Balaban J connectivity index is 2.46. The van der Waals surface area contributed by atoms with Crippen molar-refractivity contribution in [3.05, 3.63) is 0 Å². The third-order valence-corrected chi connectivity index (χ3v) is 5.02. The first-order valence-corrected chi connectivity index (χ1v) is 9.08. The van der Waals surface area contributed by atoms with Crippen LogP contribution >= 0.6 is 11.6 Å². The van der Waals surface area contributed by atoms with Crippen molar-refractivity contribution in [3.8, 4) is 0 Å². The van der Waals surface area contributed by atoms with E-state index in [1.165, 1.54) is 32.1 Å². The molecule has 0 amide bonds. The second kappa shape index (κ2) is 10.8. The van der Waals surface area contributed by atoms with Crippen LogP contribution < -0.4 is 0 Å². The van der Waals surface area contributed by atoms with Crippen LogP contribution in [0.15, 0.2) is 0 Å². The fourth-order valence-electron chi connectivity index (χ4n) is 3.27. The van der Waals surface area contributed by atoms with Crippen LogP contribution in [0.3, 0.4) is 0 Å². The first-order valence-electron chi connectivity index (χ1n) is 8.55. The Morgan fingerprint density at radius 1 is 0.818 bits per heavy atom. The zero-order valence-electron chi connectivity index (χ0n) is 13.6. The Hall–Kier alpha value is 0.0900. The Bertz CT molecular complexity index is 277.